The zero-order valence-electron chi connectivity index (χ0n) is 10.2. The molecule has 1 aliphatic carbocycles. The van der Waals surface area contributed by atoms with E-state index in [1.807, 2.05) is 24.3 Å². The Morgan fingerprint density at radius 2 is 2.11 bits per heavy atom. The van der Waals surface area contributed by atoms with Crippen LogP contribution in [0.15, 0.2) is 30.5 Å². The van der Waals surface area contributed by atoms with Gasteiger partial charge in [-0.15, -0.1) is 11.3 Å². The molecule has 0 radical (unpaired) electrons. The number of aromatic nitrogens is 1. The largest absolute Gasteiger partial charge is 0.380 e. The van der Waals surface area contributed by atoms with Crippen molar-refractivity contribution in [3.05, 3.63) is 45.4 Å². The van der Waals surface area contributed by atoms with Crippen LogP contribution in [0.3, 0.4) is 0 Å². The van der Waals surface area contributed by atoms with Crippen LogP contribution < -0.4 is 5.32 Å². The molecule has 0 saturated heterocycles. The van der Waals surface area contributed by atoms with Gasteiger partial charge in [-0.25, -0.2) is 4.98 Å². The van der Waals surface area contributed by atoms with Crippen LogP contribution in [-0.4, -0.2) is 4.98 Å². The Labute approximate surface area is 120 Å². The monoisotopic (exact) mass is 289 g/mol. The van der Waals surface area contributed by atoms with Gasteiger partial charge in [0, 0.05) is 16.8 Å². The summed E-state index contributed by atoms with van der Waals surface area (Å²) in [6.07, 6.45) is 3.74. The van der Waals surface area contributed by atoms with Crippen LogP contribution in [0.4, 0.5) is 5.69 Å². The van der Waals surface area contributed by atoms with E-state index in [0.717, 1.165) is 29.0 Å². The molecule has 0 atom stereocenters. The standard InChI is InChI=1S/C14H12ClN3S/c15-13-18-8-12(19-13)7-17-11-3-1-10(2-4-11)14(9-16)5-6-14/h1-4,8,17H,5-7H2. The Morgan fingerprint density at radius 1 is 1.37 bits per heavy atom. The van der Waals surface area contributed by atoms with E-state index in [2.05, 4.69) is 16.4 Å². The molecule has 5 heteroatoms. The van der Waals surface area contributed by atoms with E-state index in [-0.39, 0.29) is 5.41 Å². The van der Waals surface area contributed by atoms with Crippen LogP contribution in [0.25, 0.3) is 0 Å². The number of rotatable bonds is 4. The van der Waals surface area contributed by atoms with Gasteiger partial charge in [0.2, 0.25) is 0 Å². The molecule has 3 nitrogen and oxygen atoms in total. The molecule has 1 aliphatic rings. The predicted octanol–water partition coefficient (Wildman–Crippen LogP) is 3.96. The molecule has 1 fully saturated rings. The second-order valence-corrected chi connectivity index (χ2v) is 6.40. The highest BCUT2D eigenvalue weighted by Gasteiger charge is 2.44. The summed E-state index contributed by atoms with van der Waals surface area (Å²) in [5, 5.41) is 12.5. The van der Waals surface area contributed by atoms with Crippen LogP contribution in [-0.2, 0) is 12.0 Å². The molecule has 96 valence electrons. The molecule has 19 heavy (non-hydrogen) atoms. The van der Waals surface area contributed by atoms with Crippen molar-refractivity contribution >= 4 is 28.6 Å². The second-order valence-electron chi connectivity index (χ2n) is 4.70. The zero-order valence-corrected chi connectivity index (χ0v) is 11.8. The molecule has 0 unspecified atom stereocenters. The first-order chi connectivity index (χ1) is 9.22. The van der Waals surface area contributed by atoms with Gasteiger partial charge in [0.15, 0.2) is 4.47 Å². The average Bonchev–Trinajstić information content (AvgIpc) is 3.14. The number of nitriles is 1. The summed E-state index contributed by atoms with van der Waals surface area (Å²) in [6.45, 7) is 0.715. The Morgan fingerprint density at radius 3 is 2.63 bits per heavy atom. The predicted molar refractivity (Wildman–Crippen MR) is 77.4 cm³/mol. The van der Waals surface area contributed by atoms with Crippen LogP contribution in [0.1, 0.15) is 23.3 Å². The molecule has 1 aromatic carbocycles. The number of halogens is 1. The summed E-state index contributed by atoms with van der Waals surface area (Å²) in [5.41, 5.74) is 1.97. The maximum absolute atomic E-state index is 9.15. The Kier molecular flexibility index (Phi) is 3.17. The molecule has 0 spiro atoms. The zero-order chi connectivity index (χ0) is 13.3. The number of nitrogens with one attached hydrogen (secondary N) is 1. The van der Waals surface area contributed by atoms with E-state index >= 15 is 0 Å². The first-order valence-electron chi connectivity index (χ1n) is 6.08. The van der Waals surface area contributed by atoms with Crippen molar-refractivity contribution in [2.24, 2.45) is 0 Å². The number of hydrogen-bond donors (Lipinski definition) is 1. The highest BCUT2D eigenvalue weighted by atomic mass is 35.5. The molecular formula is C14H12ClN3S. The van der Waals surface area contributed by atoms with E-state index in [0.29, 0.717) is 11.0 Å². The van der Waals surface area contributed by atoms with Crippen molar-refractivity contribution in [3.63, 3.8) is 0 Å². The lowest BCUT2D eigenvalue weighted by Crippen LogP contribution is -2.03. The third-order valence-corrected chi connectivity index (χ3v) is 4.51. The maximum atomic E-state index is 9.15. The van der Waals surface area contributed by atoms with Gasteiger partial charge in [-0.05, 0) is 30.5 Å². The number of nitrogens with zero attached hydrogens (tertiary/aromatic N) is 2. The maximum Gasteiger partial charge on any atom is 0.183 e. The van der Waals surface area contributed by atoms with E-state index in [1.165, 1.54) is 11.3 Å². The molecule has 3 rings (SSSR count). The minimum atomic E-state index is -0.205. The normalized spacial score (nSPS) is 15.8. The fourth-order valence-corrected chi connectivity index (χ4v) is 2.97. The van der Waals surface area contributed by atoms with Gasteiger partial charge in [0.1, 0.15) is 0 Å². The molecule has 1 aromatic heterocycles. The van der Waals surface area contributed by atoms with Crippen LogP contribution in [0.5, 0.6) is 0 Å². The van der Waals surface area contributed by atoms with Gasteiger partial charge in [0.05, 0.1) is 18.0 Å². The first kappa shape index (κ1) is 12.5. The van der Waals surface area contributed by atoms with Crippen molar-refractivity contribution in [1.29, 1.82) is 5.26 Å². The van der Waals surface area contributed by atoms with E-state index in [1.54, 1.807) is 6.20 Å². The van der Waals surface area contributed by atoms with E-state index in [9.17, 15) is 0 Å². The SMILES string of the molecule is N#CC1(c2ccc(NCc3cnc(Cl)s3)cc2)CC1. The van der Waals surface area contributed by atoms with Gasteiger partial charge < -0.3 is 5.32 Å². The lowest BCUT2D eigenvalue weighted by molar-refractivity contribution is 0.908. The molecule has 1 heterocycles. The summed E-state index contributed by atoms with van der Waals surface area (Å²) in [4.78, 5) is 5.10. The summed E-state index contributed by atoms with van der Waals surface area (Å²) in [6, 6.07) is 10.5. The molecular weight excluding hydrogens is 278 g/mol. The quantitative estimate of drug-likeness (QED) is 0.926. The molecule has 0 bridgehead atoms. The van der Waals surface area contributed by atoms with Crippen molar-refractivity contribution in [3.8, 4) is 6.07 Å². The summed E-state index contributed by atoms with van der Waals surface area (Å²) >= 11 is 7.26. The lowest BCUT2D eigenvalue weighted by Gasteiger charge is -2.08. The molecule has 0 aliphatic heterocycles. The summed E-state index contributed by atoms with van der Waals surface area (Å²) in [7, 11) is 0. The van der Waals surface area contributed by atoms with Crippen LogP contribution in [0.2, 0.25) is 4.47 Å². The fourth-order valence-electron chi connectivity index (χ4n) is 2.05. The minimum Gasteiger partial charge on any atom is -0.380 e. The number of thiazole rings is 1. The third kappa shape index (κ3) is 2.58. The highest BCUT2D eigenvalue weighted by Crippen LogP contribution is 2.47. The van der Waals surface area contributed by atoms with Crippen molar-refractivity contribution in [2.75, 3.05) is 5.32 Å². The first-order valence-corrected chi connectivity index (χ1v) is 7.27. The summed E-state index contributed by atoms with van der Waals surface area (Å²) < 4.78 is 0.567. The van der Waals surface area contributed by atoms with E-state index < -0.39 is 0 Å². The van der Waals surface area contributed by atoms with Gasteiger partial charge in [-0.2, -0.15) is 5.26 Å². The lowest BCUT2D eigenvalue weighted by atomic mass is 9.98. The van der Waals surface area contributed by atoms with Crippen molar-refractivity contribution in [1.82, 2.24) is 4.98 Å². The van der Waals surface area contributed by atoms with Crippen molar-refractivity contribution in [2.45, 2.75) is 24.8 Å². The third-order valence-electron chi connectivity index (χ3n) is 3.39. The van der Waals surface area contributed by atoms with Gasteiger partial charge in [-0.3, -0.25) is 0 Å². The smallest absolute Gasteiger partial charge is 0.183 e. The van der Waals surface area contributed by atoms with Gasteiger partial charge in [-0.1, -0.05) is 23.7 Å². The topological polar surface area (TPSA) is 48.7 Å². The number of hydrogen-bond acceptors (Lipinski definition) is 4. The van der Waals surface area contributed by atoms with E-state index in [4.69, 9.17) is 16.9 Å². The molecule has 0 amide bonds. The summed E-state index contributed by atoms with van der Waals surface area (Å²) in [5.74, 6) is 0. The fraction of sp³-hybridized carbons (Fsp3) is 0.286. The minimum absolute atomic E-state index is 0.205. The Hall–Kier alpha value is -1.57. The van der Waals surface area contributed by atoms with Crippen molar-refractivity contribution < 1.29 is 0 Å². The number of benzene rings is 1. The van der Waals surface area contributed by atoms with Gasteiger partial charge in [0.25, 0.3) is 0 Å². The van der Waals surface area contributed by atoms with Crippen LogP contribution >= 0.6 is 22.9 Å². The Bertz CT molecular complexity index is 623. The Balaban J connectivity index is 1.65. The van der Waals surface area contributed by atoms with Crippen LogP contribution in [0, 0.1) is 11.3 Å². The average molecular weight is 290 g/mol. The molecule has 1 saturated carbocycles. The number of anilines is 1. The molecule has 1 N–H and O–H groups in total. The van der Waals surface area contributed by atoms with Gasteiger partial charge >= 0.3 is 0 Å². The second kappa shape index (κ2) is 4.84. The molecule has 2 aromatic rings. The highest BCUT2D eigenvalue weighted by molar-refractivity contribution is 7.15.